The van der Waals surface area contributed by atoms with Gasteiger partial charge in [-0.15, -0.1) is 0 Å². The first-order chi connectivity index (χ1) is 11.9. The summed E-state index contributed by atoms with van der Waals surface area (Å²) in [6, 6.07) is 9.95. The Morgan fingerprint density at radius 2 is 2.08 bits per heavy atom. The van der Waals surface area contributed by atoms with E-state index in [0.29, 0.717) is 25.1 Å². The van der Waals surface area contributed by atoms with Gasteiger partial charge in [0.1, 0.15) is 5.82 Å². The highest BCUT2D eigenvalue weighted by atomic mass is 19.1. The van der Waals surface area contributed by atoms with Crippen molar-refractivity contribution in [1.29, 1.82) is 0 Å². The number of primary amides is 1. The van der Waals surface area contributed by atoms with Gasteiger partial charge in [0.05, 0.1) is 6.10 Å². The van der Waals surface area contributed by atoms with Gasteiger partial charge in [0.15, 0.2) is 5.67 Å². The van der Waals surface area contributed by atoms with E-state index in [1.165, 1.54) is 12.5 Å². The number of imidazole rings is 1. The van der Waals surface area contributed by atoms with Gasteiger partial charge in [-0.2, -0.15) is 0 Å². The lowest BCUT2D eigenvalue weighted by Crippen LogP contribution is -2.37. The van der Waals surface area contributed by atoms with Crippen LogP contribution >= 0.6 is 0 Å². The SMILES string of the molecule is CC(F)(CC[C@H](C[C@@H](O)CCc1ccccc1)c1ncc[nH]1)C(N)=O. The molecule has 1 unspecified atom stereocenters. The molecule has 0 aliphatic heterocycles. The van der Waals surface area contributed by atoms with Crippen molar-refractivity contribution in [3.05, 3.63) is 54.1 Å². The topological polar surface area (TPSA) is 92.0 Å². The van der Waals surface area contributed by atoms with E-state index in [2.05, 4.69) is 9.97 Å². The second kappa shape index (κ2) is 8.76. The van der Waals surface area contributed by atoms with Gasteiger partial charge in [-0.05, 0) is 44.6 Å². The minimum atomic E-state index is -2.06. The van der Waals surface area contributed by atoms with Crippen LogP contribution in [-0.2, 0) is 11.2 Å². The molecule has 0 aliphatic rings. The number of alkyl halides is 1. The molecule has 0 aliphatic carbocycles. The molecule has 1 aromatic heterocycles. The minimum Gasteiger partial charge on any atom is -0.393 e. The van der Waals surface area contributed by atoms with E-state index in [1.54, 1.807) is 12.4 Å². The van der Waals surface area contributed by atoms with Gasteiger partial charge in [0.25, 0.3) is 5.91 Å². The minimum absolute atomic E-state index is 0.000888. The molecule has 2 aromatic rings. The lowest BCUT2D eigenvalue weighted by atomic mass is 9.89. The summed E-state index contributed by atoms with van der Waals surface area (Å²) in [6.07, 6.45) is 5.01. The molecule has 0 saturated carbocycles. The van der Waals surface area contributed by atoms with Crippen molar-refractivity contribution in [2.45, 2.75) is 56.7 Å². The number of aryl methyl sites for hydroxylation is 1. The Labute approximate surface area is 147 Å². The zero-order chi connectivity index (χ0) is 18.3. The number of carbonyl (C=O) groups excluding carboxylic acids is 1. The Balaban J connectivity index is 1.93. The first-order valence-electron chi connectivity index (χ1n) is 8.58. The van der Waals surface area contributed by atoms with E-state index in [1.807, 2.05) is 30.3 Å². The number of nitrogens with one attached hydrogen (secondary N) is 1. The van der Waals surface area contributed by atoms with Crippen LogP contribution < -0.4 is 5.73 Å². The lowest BCUT2D eigenvalue weighted by molar-refractivity contribution is -0.128. The molecule has 3 atom stereocenters. The maximum atomic E-state index is 14.2. The van der Waals surface area contributed by atoms with Crippen LogP contribution in [0.15, 0.2) is 42.7 Å². The molecule has 0 fully saturated rings. The number of carbonyl (C=O) groups is 1. The van der Waals surface area contributed by atoms with Gasteiger partial charge in [0, 0.05) is 18.3 Å². The van der Waals surface area contributed by atoms with Crippen LogP contribution in [-0.4, -0.2) is 32.8 Å². The van der Waals surface area contributed by atoms with Crippen molar-refractivity contribution in [2.24, 2.45) is 5.73 Å². The molecule has 1 aromatic carbocycles. The van der Waals surface area contributed by atoms with E-state index in [4.69, 9.17) is 5.73 Å². The van der Waals surface area contributed by atoms with Crippen molar-refractivity contribution >= 4 is 5.91 Å². The van der Waals surface area contributed by atoms with E-state index < -0.39 is 17.7 Å². The van der Waals surface area contributed by atoms with E-state index >= 15 is 0 Å². The number of hydrogen-bond donors (Lipinski definition) is 3. The molecular weight excluding hydrogens is 321 g/mol. The molecule has 6 heteroatoms. The zero-order valence-electron chi connectivity index (χ0n) is 14.5. The predicted octanol–water partition coefficient (Wildman–Crippen LogP) is 2.87. The van der Waals surface area contributed by atoms with E-state index in [9.17, 15) is 14.3 Å². The summed E-state index contributed by atoms with van der Waals surface area (Å²) >= 11 is 0. The van der Waals surface area contributed by atoms with Crippen molar-refractivity contribution in [1.82, 2.24) is 9.97 Å². The van der Waals surface area contributed by atoms with Crippen LogP contribution in [0.2, 0.25) is 0 Å². The predicted molar refractivity (Wildman–Crippen MR) is 94.7 cm³/mol. The third-order valence-electron chi connectivity index (χ3n) is 4.55. The average Bonchev–Trinajstić information content (AvgIpc) is 3.12. The maximum Gasteiger partial charge on any atom is 0.254 e. The zero-order valence-corrected chi connectivity index (χ0v) is 14.5. The van der Waals surface area contributed by atoms with Crippen molar-refractivity contribution in [3.63, 3.8) is 0 Å². The summed E-state index contributed by atoms with van der Waals surface area (Å²) in [4.78, 5) is 18.4. The summed E-state index contributed by atoms with van der Waals surface area (Å²) in [5, 5.41) is 10.4. The molecule has 136 valence electrons. The van der Waals surface area contributed by atoms with Crippen molar-refractivity contribution < 1.29 is 14.3 Å². The molecule has 0 spiro atoms. The molecule has 0 saturated heterocycles. The van der Waals surface area contributed by atoms with Gasteiger partial charge in [-0.3, -0.25) is 4.79 Å². The lowest BCUT2D eigenvalue weighted by Gasteiger charge is -2.22. The number of H-pyrrole nitrogens is 1. The van der Waals surface area contributed by atoms with Crippen LogP contribution in [0.3, 0.4) is 0 Å². The Bertz CT molecular complexity index is 644. The summed E-state index contributed by atoms with van der Waals surface area (Å²) < 4.78 is 14.2. The number of aliphatic hydroxyl groups is 1. The van der Waals surface area contributed by atoms with E-state index in [0.717, 1.165) is 6.42 Å². The summed E-state index contributed by atoms with van der Waals surface area (Å²) in [5.41, 5.74) is 4.21. The average molecular weight is 347 g/mol. The second-order valence-corrected chi connectivity index (χ2v) is 6.69. The number of aliphatic hydroxyl groups excluding tert-OH is 1. The van der Waals surface area contributed by atoms with Gasteiger partial charge < -0.3 is 15.8 Å². The number of amides is 1. The van der Waals surface area contributed by atoms with Crippen LogP contribution in [0.5, 0.6) is 0 Å². The second-order valence-electron chi connectivity index (χ2n) is 6.69. The standard InChI is InChI=1S/C19H26FN3O2/c1-19(20,18(21)25)10-9-15(17-22-11-12-23-17)13-16(24)8-7-14-5-3-2-4-6-14/h2-6,11-12,15-16,24H,7-10,13H2,1H3,(H2,21,25)(H,22,23)/t15-,16+,19?/m1/s1. The third kappa shape index (κ3) is 5.98. The molecule has 0 bridgehead atoms. The Kier molecular flexibility index (Phi) is 6.70. The fourth-order valence-electron chi connectivity index (χ4n) is 2.86. The molecule has 1 heterocycles. The van der Waals surface area contributed by atoms with Crippen molar-refractivity contribution in [2.75, 3.05) is 0 Å². The van der Waals surface area contributed by atoms with Crippen LogP contribution in [0.25, 0.3) is 0 Å². The molecule has 1 amide bonds. The molecule has 5 nitrogen and oxygen atoms in total. The summed E-state index contributed by atoms with van der Waals surface area (Å²) in [7, 11) is 0. The summed E-state index contributed by atoms with van der Waals surface area (Å²) in [5.74, 6) is -0.426. The number of hydrogen-bond acceptors (Lipinski definition) is 3. The third-order valence-corrected chi connectivity index (χ3v) is 4.55. The van der Waals surface area contributed by atoms with Crippen LogP contribution in [0.1, 0.15) is 49.9 Å². The number of nitrogens with zero attached hydrogens (tertiary/aromatic N) is 1. The molecule has 2 rings (SSSR count). The largest absolute Gasteiger partial charge is 0.393 e. The number of aromatic nitrogens is 2. The number of rotatable bonds is 10. The fraction of sp³-hybridized carbons (Fsp3) is 0.474. The van der Waals surface area contributed by atoms with Crippen LogP contribution in [0, 0.1) is 0 Å². The summed E-state index contributed by atoms with van der Waals surface area (Å²) in [6.45, 7) is 1.19. The first kappa shape index (κ1) is 19.1. The highest BCUT2D eigenvalue weighted by molar-refractivity contribution is 5.82. The van der Waals surface area contributed by atoms with Gasteiger partial charge in [-0.25, -0.2) is 9.37 Å². The Morgan fingerprint density at radius 1 is 1.36 bits per heavy atom. The molecular formula is C19H26FN3O2. The monoisotopic (exact) mass is 347 g/mol. The molecule has 25 heavy (non-hydrogen) atoms. The number of halogens is 1. The van der Waals surface area contributed by atoms with Gasteiger partial charge in [0.2, 0.25) is 0 Å². The smallest absolute Gasteiger partial charge is 0.254 e. The molecule has 0 radical (unpaired) electrons. The van der Waals surface area contributed by atoms with Gasteiger partial charge in [-0.1, -0.05) is 30.3 Å². The van der Waals surface area contributed by atoms with Gasteiger partial charge >= 0.3 is 0 Å². The number of benzene rings is 1. The highest BCUT2D eigenvalue weighted by Gasteiger charge is 2.32. The Hall–Kier alpha value is -2.21. The highest BCUT2D eigenvalue weighted by Crippen LogP contribution is 2.29. The molecule has 4 N–H and O–H groups in total. The Morgan fingerprint density at radius 3 is 2.68 bits per heavy atom. The maximum absolute atomic E-state index is 14.2. The number of nitrogens with two attached hydrogens (primary N) is 1. The van der Waals surface area contributed by atoms with Crippen molar-refractivity contribution in [3.8, 4) is 0 Å². The number of aromatic amines is 1. The fourth-order valence-corrected chi connectivity index (χ4v) is 2.86. The quantitative estimate of drug-likeness (QED) is 0.617. The first-order valence-corrected chi connectivity index (χ1v) is 8.58. The normalized spacial score (nSPS) is 16.1. The van der Waals surface area contributed by atoms with E-state index in [-0.39, 0.29) is 12.3 Å². The van der Waals surface area contributed by atoms with Crippen LogP contribution in [0.4, 0.5) is 4.39 Å².